The van der Waals surface area contributed by atoms with Crippen LogP contribution < -0.4 is 10.2 Å². The van der Waals surface area contributed by atoms with Crippen LogP contribution in [0, 0.1) is 6.92 Å². The van der Waals surface area contributed by atoms with Gasteiger partial charge in [-0.15, -0.1) is 0 Å². The topological polar surface area (TPSA) is 78.3 Å². The first-order valence-electron chi connectivity index (χ1n) is 7.33. The predicted molar refractivity (Wildman–Crippen MR) is 84.9 cm³/mol. The van der Waals surface area contributed by atoms with E-state index in [2.05, 4.69) is 20.2 Å². The number of hydrogen-bond acceptors (Lipinski definition) is 5. The zero-order valence-corrected chi connectivity index (χ0v) is 12.4. The summed E-state index contributed by atoms with van der Waals surface area (Å²) in [4.78, 5) is 22.2. The Kier molecular flexibility index (Phi) is 3.91. The van der Waals surface area contributed by atoms with Crippen LogP contribution in [0.15, 0.2) is 30.3 Å². The van der Waals surface area contributed by atoms with Gasteiger partial charge in [-0.2, -0.15) is 4.98 Å². The van der Waals surface area contributed by atoms with Crippen molar-refractivity contribution in [1.82, 2.24) is 9.97 Å². The number of anilines is 3. The van der Waals surface area contributed by atoms with Crippen LogP contribution in [0.2, 0.25) is 0 Å². The number of aromatic carboxylic acids is 1. The molecule has 0 saturated carbocycles. The third-order valence-corrected chi connectivity index (χ3v) is 3.61. The molecule has 1 aromatic carbocycles. The third-order valence-electron chi connectivity index (χ3n) is 3.61. The molecule has 0 unspecified atom stereocenters. The molecule has 1 aliphatic heterocycles. The first-order chi connectivity index (χ1) is 10.6. The van der Waals surface area contributed by atoms with E-state index in [1.54, 1.807) is 18.2 Å². The zero-order chi connectivity index (χ0) is 15.5. The molecule has 0 atom stereocenters. The fourth-order valence-electron chi connectivity index (χ4n) is 2.55. The van der Waals surface area contributed by atoms with Gasteiger partial charge in [0.25, 0.3) is 0 Å². The molecule has 3 rings (SSSR count). The molecule has 2 N–H and O–H groups in total. The van der Waals surface area contributed by atoms with Crippen molar-refractivity contribution < 1.29 is 9.90 Å². The van der Waals surface area contributed by atoms with Crippen molar-refractivity contribution in [3.63, 3.8) is 0 Å². The second kappa shape index (κ2) is 6.01. The number of nitrogens with zero attached hydrogens (tertiary/aromatic N) is 3. The van der Waals surface area contributed by atoms with Crippen molar-refractivity contribution in [2.45, 2.75) is 19.8 Å². The number of carbonyl (C=O) groups is 1. The molecule has 0 amide bonds. The summed E-state index contributed by atoms with van der Waals surface area (Å²) in [6, 6.07) is 8.54. The lowest BCUT2D eigenvalue weighted by Gasteiger charge is -2.17. The molecule has 2 heterocycles. The van der Waals surface area contributed by atoms with Gasteiger partial charge in [-0.3, -0.25) is 0 Å². The Morgan fingerprint density at radius 3 is 2.73 bits per heavy atom. The Morgan fingerprint density at radius 1 is 1.23 bits per heavy atom. The molecule has 6 nitrogen and oxygen atoms in total. The standard InChI is InChI=1S/C16H18N4O2/c1-11-9-14(19-16(17-11)20-7-2-3-8-20)18-13-6-4-5-12(10-13)15(21)22/h4-6,9-10H,2-3,7-8H2,1H3,(H,21,22)(H,17,18,19). The summed E-state index contributed by atoms with van der Waals surface area (Å²) in [7, 11) is 0. The minimum atomic E-state index is -0.944. The smallest absolute Gasteiger partial charge is 0.335 e. The molecule has 1 saturated heterocycles. The van der Waals surface area contributed by atoms with Gasteiger partial charge in [-0.1, -0.05) is 6.07 Å². The Labute approximate surface area is 128 Å². The maximum atomic E-state index is 11.0. The van der Waals surface area contributed by atoms with Crippen molar-refractivity contribution in [2.24, 2.45) is 0 Å². The van der Waals surface area contributed by atoms with Gasteiger partial charge in [0.15, 0.2) is 0 Å². The summed E-state index contributed by atoms with van der Waals surface area (Å²) in [5.74, 6) is 0.464. The number of nitrogens with one attached hydrogen (secondary N) is 1. The number of aromatic nitrogens is 2. The highest BCUT2D eigenvalue weighted by atomic mass is 16.4. The second-order valence-corrected chi connectivity index (χ2v) is 5.40. The number of carboxylic acids is 1. The van der Waals surface area contributed by atoms with E-state index in [4.69, 9.17) is 5.11 Å². The summed E-state index contributed by atoms with van der Waals surface area (Å²) in [6.45, 7) is 3.90. The first kappa shape index (κ1) is 14.3. The van der Waals surface area contributed by atoms with Crippen LogP contribution in [-0.4, -0.2) is 34.1 Å². The van der Waals surface area contributed by atoms with Gasteiger partial charge < -0.3 is 15.3 Å². The molecule has 0 bridgehead atoms. The average Bonchev–Trinajstić information content (AvgIpc) is 3.01. The van der Waals surface area contributed by atoms with Crippen molar-refractivity contribution in [3.05, 3.63) is 41.6 Å². The Balaban J connectivity index is 1.85. The maximum absolute atomic E-state index is 11.0. The average molecular weight is 298 g/mol. The lowest BCUT2D eigenvalue weighted by Crippen LogP contribution is -2.21. The zero-order valence-electron chi connectivity index (χ0n) is 12.4. The SMILES string of the molecule is Cc1cc(Nc2cccc(C(=O)O)c2)nc(N2CCCC2)n1. The minimum Gasteiger partial charge on any atom is -0.478 e. The minimum absolute atomic E-state index is 0.246. The van der Waals surface area contributed by atoms with Crippen molar-refractivity contribution in [1.29, 1.82) is 0 Å². The second-order valence-electron chi connectivity index (χ2n) is 5.40. The van der Waals surface area contributed by atoms with Crippen LogP contribution in [0.1, 0.15) is 28.9 Å². The molecule has 114 valence electrons. The van der Waals surface area contributed by atoms with Crippen LogP contribution in [0.3, 0.4) is 0 Å². The molecule has 2 aromatic rings. The normalized spacial score (nSPS) is 14.1. The van der Waals surface area contributed by atoms with E-state index in [-0.39, 0.29) is 5.56 Å². The van der Waals surface area contributed by atoms with E-state index < -0.39 is 5.97 Å². The Morgan fingerprint density at radius 2 is 2.00 bits per heavy atom. The van der Waals surface area contributed by atoms with Gasteiger partial charge in [0.2, 0.25) is 5.95 Å². The maximum Gasteiger partial charge on any atom is 0.335 e. The van der Waals surface area contributed by atoms with Crippen LogP contribution in [0.4, 0.5) is 17.5 Å². The van der Waals surface area contributed by atoms with Crippen LogP contribution in [0.25, 0.3) is 0 Å². The van der Waals surface area contributed by atoms with E-state index in [9.17, 15) is 4.79 Å². The van der Waals surface area contributed by atoms with Gasteiger partial charge in [0.1, 0.15) is 5.82 Å². The molecule has 1 aliphatic rings. The number of rotatable bonds is 4. The number of aryl methyl sites for hydroxylation is 1. The molecule has 0 radical (unpaired) electrons. The lowest BCUT2D eigenvalue weighted by molar-refractivity contribution is 0.0697. The van der Waals surface area contributed by atoms with E-state index in [0.717, 1.165) is 24.7 Å². The van der Waals surface area contributed by atoms with E-state index in [0.29, 0.717) is 11.5 Å². The van der Waals surface area contributed by atoms with E-state index >= 15 is 0 Å². The first-order valence-corrected chi connectivity index (χ1v) is 7.33. The van der Waals surface area contributed by atoms with Gasteiger partial charge >= 0.3 is 5.97 Å². The third kappa shape index (κ3) is 3.16. The van der Waals surface area contributed by atoms with E-state index in [1.165, 1.54) is 12.8 Å². The van der Waals surface area contributed by atoms with Crippen molar-refractivity contribution >= 4 is 23.4 Å². The Hall–Kier alpha value is -2.63. The summed E-state index contributed by atoms with van der Waals surface area (Å²) in [5.41, 5.74) is 1.83. The fraction of sp³-hybridized carbons (Fsp3) is 0.312. The van der Waals surface area contributed by atoms with Gasteiger partial charge in [-0.05, 0) is 38.0 Å². The molecule has 22 heavy (non-hydrogen) atoms. The fourth-order valence-corrected chi connectivity index (χ4v) is 2.55. The largest absolute Gasteiger partial charge is 0.478 e. The number of carboxylic acid groups (broad SMARTS) is 1. The molecule has 0 aliphatic carbocycles. The quantitative estimate of drug-likeness (QED) is 0.903. The van der Waals surface area contributed by atoms with Gasteiger partial charge in [0.05, 0.1) is 5.56 Å². The molecule has 1 aromatic heterocycles. The lowest BCUT2D eigenvalue weighted by atomic mass is 10.2. The highest BCUT2D eigenvalue weighted by Gasteiger charge is 2.16. The Bertz CT molecular complexity index is 696. The van der Waals surface area contributed by atoms with E-state index in [1.807, 2.05) is 19.1 Å². The number of hydrogen-bond donors (Lipinski definition) is 2. The summed E-state index contributed by atoms with van der Waals surface area (Å²) in [6.07, 6.45) is 2.33. The molecular formula is C16H18N4O2. The highest BCUT2D eigenvalue weighted by Crippen LogP contribution is 2.21. The monoisotopic (exact) mass is 298 g/mol. The van der Waals surface area contributed by atoms with Crippen LogP contribution in [0.5, 0.6) is 0 Å². The molecular weight excluding hydrogens is 280 g/mol. The number of benzene rings is 1. The van der Waals surface area contributed by atoms with Crippen molar-refractivity contribution in [2.75, 3.05) is 23.3 Å². The van der Waals surface area contributed by atoms with Crippen LogP contribution in [-0.2, 0) is 0 Å². The van der Waals surface area contributed by atoms with Crippen LogP contribution >= 0.6 is 0 Å². The summed E-state index contributed by atoms with van der Waals surface area (Å²) >= 11 is 0. The molecule has 0 spiro atoms. The predicted octanol–water partition coefficient (Wildman–Crippen LogP) is 2.83. The van der Waals surface area contributed by atoms with Gasteiger partial charge in [0, 0.05) is 30.5 Å². The summed E-state index contributed by atoms with van der Waals surface area (Å²) < 4.78 is 0. The van der Waals surface area contributed by atoms with Crippen molar-refractivity contribution in [3.8, 4) is 0 Å². The molecule has 1 fully saturated rings. The molecule has 6 heteroatoms. The highest BCUT2D eigenvalue weighted by molar-refractivity contribution is 5.89. The summed E-state index contributed by atoms with van der Waals surface area (Å²) in [5, 5.41) is 12.2. The van der Waals surface area contributed by atoms with Gasteiger partial charge in [-0.25, -0.2) is 9.78 Å².